The van der Waals surface area contributed by atoms with E-state index in [4.69, 9.17) is 14.6 Å². The van der Waals surface area contributed by atoms with Crippen LogP contribution < -0.4 is 0 Å². The zero-order valence-corrected chi connectivity index (χ0v) is 9.99. The summed E-state index contributed by atoms with van der Waals surface area (Å²) in [6.45, 7) is 11.0. The van der Waals surface area contributed by atoms with Gasteiger partial charge in [0.25, 0.3) is 0 Å². The van der Waals surface area contributed by atoms with E-state index >= 15 is 0 Å². The zero-order valence-electron chi connectivity index (χ0n) is 9.99. The van der Waals surface area contributed by atoms with E-state index in [1.165, 1.54) is 0 Å². The van der Waals surface area contributed by atoms with Crippen LogP contribution in [-0.4, -0.2) is 36.6 Å². The second-order valence-corrected chi connectivity index (χ2v) is 4.05. The van der Waals surface area contributed by atoms with Crippen molar-refractivity contribution in [3.63, 3.8) is 0 Å². The van der Waals surface area contributed by atoms with E-state index in [1.54, 1.807) is 6.92 Å². The Labute approximate surface area is 87.4 Å². The number of aliphatic hydroxyl groups excluding tert-OH is 1. The molecule has 0 aliphatic rings. The fraction of sp³-hybridized carbons (Fsp3) is 1.00. The molecule has 14 heavy (non-hydrogen) atoms. The Kier molecular flexibility index (Phi) is 7.15. The number of hydrogen-bond donors (Lipinski definition) is 1. The Bertz CT molecular complexity index is 134. The normalized spacial score (nSPS) is 18.2. The summed E-state index contributed by atoms with van der Waals surface area (Å²) in [6, 6.07) is 0. The lowest BCUT2D eigenvalue weighted by Crippen LogP contribution is -2.35. The molecule has 0 spiro atoms. The van der Waals surface area contributed by atoms with Crippen LogP contribution in [0.2, 0.25) is 0 Å². The van der Waals surface area contributed by atoms with Gasteiger partial charge in [-0.1, -0.05) is 13.8 Å². The van der Waals surface area contributed by atoms with Gasteiger partial charge in [0.15, 0.2) is 0 Å². The molecule has 0 radical (unpaired) electrons. The molecule has 0 heterocycles. The molecule has 3 unspecified atom stereocenters. The van der Waals surface area contributed by atoms with E-state index in [0.29, 0.717) is 19.1 Å². The molecule has 0 fully saturated rings. The monoisotopic (exact) mass is 204 g/mol. The van der Waals surface area contributed by atoms with Gasteiger partial charge in [-0.15, -0.1) is 0 Å². The van der Waals surface area contributed by atoms with Gasteiger partial charge in [-0.2, -0.15) is 0 Å². The van der Waals surface area contributed by atoms with Crippen LogP contribution in [-0.2, 0) is 9.47 Å². The van der Waals surface area contributed by atoms with Crippen molar-refractivity contribution in [1.29, 1.82) is 0 Å². The molecule has 0 bridgehead atoms. The third kappa shape index (κ3) is 5.58. The van der Waals surface area contributed by atoms with Crippen LogP contribution in [0.5, 0.6) is 0 Å². The molecule has 0 saturated heterocycles. The van der Waals surface area contributed by atoms with Gasteiger partial charge < -0.3 is 14.6 Å². The minimum absolute atomic E-state index is 0.0320. The third-order valence-electron chi connectivity index (χ3n) is 2.08. The summed E-state index contributed by atoms with van der Waals surface area (Å²) in [6.07, 6.45) is -0.268. The molecule has 0 aliphatic carbocycles. The molecule has 0 saturated carbocycles. The molecule has 0 amide bonds. The lowest BCUT2D eigenvalue weighted by atomic mass is 10.0. The molecule has 0 aromatic rings. The summed E-state index contributed by atoms with van der Waals surface area (Å²) >= 11 is 0. The Hall–Kier alpha value is -0.120. The van der Waals surface area contributed by atoms with Crippen molar-refractivity contribution in [3.8, 4) is 0 Å². The Morgan fingerprint density at radius 3 is 2.00 bits per heavy atom. The van der Waals surface area contributed by atoms with Gasteiger partial charge in [0.05, 0.1) is 24.9 Å². The predicted octanol–water partition coefficient (Wildman–Crippen LogP) is 1.83. The van der Waals surface area contributed by atoms with E-state index in [1.807, 2.05) is 13.8 Å². The first-order valence-electron chi connectivity index (χ1n) is 5.40. The largest absolute Gasteiger partial charge is 0.391 e. The van der Waals surface area contributed by atoms with Crippen molar-refractivity contribution < 1.29 is 14.6 Å². The summed E-state index contributed by atoms with van der Waals surface area (Å²) < 4.78 is 11.1. The van der Waals surface area contributed by atoms with E-state index in [9.17, 15) is 0 Å². The van der Waals surface area contributed by atoms with Crippen molar-refractivity contribution >= 4 is 0 Å². The standard InChI is InChI=1S/C11H24O3/c1-6-13-11(8(2)3)10(5)14-7-9(4)12/h8-12H,6-7H2,1-5H3. The molecule has 1 N–H and O–H groups in total. The predicted molar refractivity (Wildman–Crippen MR) is 57.3 cm³/mol. The first-order chi connectivity index (χ1) is 6.49. The van der Waals surface area contributed by atoms with Gasteiger partial charge in [-0.05, 0) is 26.7 Å². The Balaban J connectivity index is 3.94. The van der Waals surface area contributed by atoms with E-state index in [2.05, 4.69) is 13.8 Å². The van der Waals surface area contributed by atoms with Gasteiger partial charge >= 0.3 is 0 Å². The van der Waals surface area contributed by atoms with Crippen molar-refractivity contribution in [2.75, 3.05) is 13.2 Å². The van der Waals surface area contributed by atoms with Gasteiger partial charge in [0.1, 0.15) is 0 Å². The smallest absolute Gasteiger partial charge is 0.0856 e. The van der Waals surface area contributed by atoms with Gasteiger partial charge in [0, 0.05) is 6.61 Å². The van der Waals surface area contributed by atoms with Gasteiger partial charge in [0.2, 0.25) is 0 Å². The number of rotatable bonds is 7. The SMILES string of the molecule is CCOC(C(C)C)C(C)OCC(C)O. The van der Waals surface area contributed by atoms with Crippen LogP contribution in [0.3, 0.4) is 0 Å². The highest BCUT2D eigenvalue weighted by Crippen LogP contribution is 2.14. The van der Waals surface area contributed by atoms with Crippen LogP contribution in [0.1, 0.15) is 34.6 Å². The van der Waals surface area contributed by atoms with E-state index in [-0.39, 0.29) is 12.2 Å². The van der Waals surface area contributed by atoms with Crippen LogP contribution in [0.4, 0.5) is 0 Å². The molecule has 86 valence electrons. The van der Waals surface area contributed by atoms with E-state index < -0.39 is 6.10 Å². The summed E-state index contributed by atoms with van der Waals surface area (Å²) in [7, 11) is 0. The molecule has 3 heteroatoms. The van der Waals surface area contributed by atoms with Crippen LogP contribution in [0, 0.1) is 5.92 Å². The quantitative estimate of drug-likeness (QED) is 0.687. The first-order valence-corrected chi connectivity index (χ1v) is 5.40. The topological polar surface area (TPSA) is 38.7 Å². The highest BCUT2D eigenvalue weighted by molar-refractivity contribution is 4.70. The Morgan fingerprint density at radius 2 is 1.64 bits per heavy atom. The van der Waals surface area contributed by atoms with Crippen LogP contribution in [0.25, 0.3) is 0 Å². The zero-order chi connectivity index (χ0) is 11.1. The van der Waals surface area contributed by atoms with Crippen molar-refractivity contribution in [2.24, 2.45) is 5.92 Å². The highest BCUT2D eigenvalue weighted by atomic mass is 16.5. The highest BCUT2D eigenvalue weighted by Gasteiger charge is 2.21. The fourth-order valence-corrected chi connectivity index (χ4v) is 1.45. The second-order valence-electron chi connectivity index (χ2n) is 4.05. The average molecular weight is 204 g/mol. The van der Waals surface area contributed by atoms with Crippen LogP contribution in [0.15, 0.2) is 0 Å². The summed E-state index contributed by atoms with van der Waals surface area (Å²) in [4.78, 5) is 0. The molecule has 0 rings (SSSR count). The van der Waals surface area contributed by atoms with Gasteiger partial charge in [-0.25, -0.2) is 0 Å². The van der Waals surface area contributed by atoms with Crippen molar-refractivity contribution in [2.45, 2.75) is 52.9 Å². The molecule has 0 aromatic carbocycles. The molecular weight excluding hydrogens is 180 g/mol. The van der Waals surface area contributed by atoms with Crippen molar-refractivity contribution in [1.82, 2.24) is 0 Å². The fourth-order valence-electron chi connectivity index (χ4n) is 1.45. The maximum Gasteiger partial charge on any atom is 0.0856 e. The lowest BCUT2D eigenvalue weighted by Gasteiger charge is -2.27. The number of aliphatic hydroxyl groups is 1. The maximum atomic E-state index is 9.09. The first kappa shape index (κ1) is 13.9. The third-order valence-corrected chi connectivity index (χ3v) is 2.08. The maximum absolute atomic E-state index is 9.09. The summed E-state index contributed by atoms with van der Waals surface area (Å²) in [5.41, 5.74) is 0. The molecule has 3 nitrogen and oxygen atoms in total. The molecule has 0 aliphatic heterocycles. The van der Waals surface area contributed by atoms with Gasteiger partial charge in [-0.3, -0.25) is 0 Å². The van der Waals surface area contributed by atoms with Crippen LogP contribution >= 0.6 is 0 Å². The molecule has 0 aromatic heterocycles. The Morgan fingerprint density at radius 1 is 1.07 bits per heavy atom. The minimum atomic E-state index is -0.410. The van der Waals surface area contributed by atoms with Crippen molar-refractivity contribution in [3.05, 3.63) is 0 Å². The molecular formula is C11H24O3. The number of hydrogen-bond acceptors (Lipinski definition) is 3. The van der Waals surface area contributed by atoms with E-state index in [0.717, 1.165) is 0 Å². The average Bonchev–Trinajstić information content (AvgIpc) is 2.09. The minimum Gasteiger partial charge on any atom is -0.391 e. The summed E-state index contributed by atoms with van der Waals surface area (Å²) in [5.74, 6) is 0.430. The number of ether oxygens (including phenoxy) is 2. The molecule has 3 atom stereocenters. The second kappa shape index (κ2) is 7.21. The lowest BCUT2D eigenvalue weighted by molar-refractivity contribution is -0.0956. The summed E-state index contributed by atoms with van der Waals surface area (Å²) in [5, 5.41) is 9.09.